The SMILES string of the molecule is O=C(NCC(O)c1ccsc1)C1CCOCC1. The van der Waals surface area contributed by atoms with E-state index in [0.29, 0.717) is 13.2 Å². The van der Waals surface area contributed by atoms with E-state index in [-0.39, 0.29) is 18.4 Å². The average Bonchev–Trinajstić information content (AvgIpc) is 2.90. The smallest absolute Gasteiger partial charge is 0.223 e. The number of thiophene rings is 1. The number of carbonyl (C=O) groups excluding carboxylic acids is 1. The summed E-state index contributed by atoms with van der Waals surface area (Å²) in [6.07, 6.45) is 0.950. The molecule has 1 atom stereocenters. The fourth-order valence-corrected chi connectivity index (χ4v) is 2.59. The molecule has 1 amide bonds. The minimum absolute atomic E-state index is 0.0302. The third-order valence-electron chi connectivity index (χ3n) is 2.99. The molecule has 5 heteroatoms. The number of nitrogens with one attached hydrogen (secondary N) is 1. The van der Waals surface area contributed by atoms with E-state index >= 15 is 0 Å². The Hall–Kier alpha value is -0.910. The highest BCUT2D eigenvalue weighted by Gasteiger charge is 2.21. The van der Waals surface area contributed by atoms with Crippen molar-refractivity contribution in [1.82, 2.24) is 5.32 Å². The van der Waals surface area contributed by atoms with Gasteiger partial charge in [-0.25, -0.2) is 0 Å². The van der Waals surface area contributed by atoms with Gasteiger partial charge in [-0.1, -0.05) is 0 Å². The first kappa shape index (κ1) is 12.5. The highest BCUT2D eigenvalue weighted by Crippen LogP contribution is 2.17. The van der Waals surface area contributed by atoms with Crippen LogP contribution in [0.25, 0.3) is 0 Å². The molecule has 17 heavy (non-hydrogen) atoms. The van der Waals surface area contributed by atoms with Crippen LogP contribution in [0.15, 0.2) is 16.8 Å². The lowest BCUT2D eigenvalue weighted by atomic mass is 9.99. The number of amides is 1. The van der Waals surface area contributed by atoms with Crippen LogP contribution >= 0.6 is 11.3 Å². The molecule has 4 nitrogen and oxygen atoms in total. The number of rotatable bonds is 4. The first-order chi connectivity index (χ1) is 8.27. The van der Waals surface area contributed by atoms with Crippen LogP contribution in [-0.2, 0) is 9.53 Å². The molecular formula is C12H17NO3S. The summed E-state index contributed by atoms with van der Waals surface area (Å²) in [6, 6.07) is 1.87. The van der Waals surface area contributed by atoms with E-state index in [0.717, 1.165) is 18.4 Å². The first-order valence-corrected chi connectivity index (χ1v) is 6.77. The van der Waals surface area contributed by atoms with Crippen LogP contribution < -0.4 is 5.32 Å². The Morgan fingerprint density at radius 1 is 1.59 bits per heavy atom. The third kappa shape index (κ3) is 3.52. The van der Waals surface area contributed by atoms with Gasteiger partial charge >= 0.3 is 0 Å². The summed E-state index contributed by atoms with van der Waals surface area (Å²) in [6.45, 7) is 1.60. The zero-order valence-corrected chi connectivity index (χ0v) is 10.4. The Morgan fingerprint density at radius 3 is 3.00 bits per heavy atom. The highest BCUT2D eigenvalue weighted by atomic mass is 32.1. The Kier molecular flexibility index (Phi) is 4.53. The molecule has 2 rings (SSSR count). The molecular weight excluding hydrogens is 238 g/mol. The van der Waals surface area contributed by atoms with E-state index in [9.17, 15) is 9.90 Å². The van der Waals surface area contributed by atoms with Gasteiger partial charge in [0.2, 0.25) is 5.91 Å². The molecule has 0 bridgehead atoms. The van der Waals surface area contributed by atoms with E-state index in [1.807, 2.05) is 16.8 Å². The minimum Gasteiger partial charge on any atom is -0.387 e. The molecule has 0 spiro atoms. The van der Waals surface area contributed by atoms with Crippen LogP contribution in [0.5, 0.6) is 0 Å². The lowest BCUT2D eigenvalue weighted by Gasteiger charge is -2.21. The molecule has 2 heterocycles. The van der Waals surface area contributed by atoms with E-state index in [1.54, 1.807) is 11.3 Å². The molecule has 0 aliphatic carbocycles. The van der Waals surface area contributed by atoms with E-state index in [1.165, 1.54) is 0 Å². The summed E-state index contributed by atoms with van der Waals surface area (Å²) in [5, 5.41) is 16.4. The summed E-state index contributed by atoms with van der Waals surface area (Å²) in [5.41, 5.74) is 0.863. The van der Waals surface area contributed by atoms with Crippen LogP contribution in [0.3, 0.4) is 0 Å². The molecule has 0 aromatic carbocycles. The average molecular weight is 255 g/mol. The molecule has 2 N–H and O–H groups in total. The Morgan fingerprint density at radius 2 is 2.35 bits per heavy atom. The number of hydrogen-bond acceptors (Lipinski definition) is 4. The number of aliphatic hydroxyl groups excluding tert-OH is 1. The summed E-state index contributed by atoms with van der Waals surface area (Å²) < 4.78 is 5.21. The van der Waals surface area contributed by atoms with Gasteiger partial charge in [-0.2, -0.15) is 11.3 Å². The van der Waals surface area contributed by atoms with Crippen molar-refractivity contribution in [2.45, 2.75) is 18.9 Å². The van der Waals surface area contributed by atoms with E-state index in [2.05, 4.69) is 5.32 Å². The molecule has 94 valence electrons. The normalized spacial score (nSPS) is 18.9. The molecule has 0 saturated carbocycles. The van der Waals surface area contributed by atoms with Crippen molar-refractivity contribution >= 4 is 17.2 Å². The van der Waals surface area contributed by atoms with Crippen LogP contribution in [-0.4, -0.2) is 30.8 Å². The highest BCUT2D eigenvalue weighted by molar-refractivity contribution is 7.07. The van der Waals surface area contributed by atoms with Gasteiger partial charge in [-0.05, 0) is 35.2 Å². The second kappa shape index (κ2) is 6.14. The maximum absolute atomic E-state index is 11.8. The number of hydrogen-bond donors (Lipinski definition) is 2. The lowest BCUT2D eigenvalue weighted by molar-refractivity contribution is -0.128. The molecule has 1 fully saturated rings. The topological polar surface area (TPSA) is 58.6 Å². The molecule has 1 aromatic heterocycles. The standard InChI is InChI=1S/C12H17NO3S/c14-11(10-3-6-17-8-10)7-13-12(15)9-1-4-16-5-2-9/h3,6,8-9,11,14H,1-2,4-5,7H2,(H,13,15). The van der Waals surface area contributed by atoms with Gasteiger partial charge in [0.25, 0.3) is 0 Å². The van der Waals surface area contributed by atoms with Crippen molar-refractivity contribution in [3.63, 3.8) is 0 Å². The summed E-state index contributed by atoms with van der Waals surface area (Å²) >= 11 is 1.54. The van der Waals surface area contributed by atoms with Crippen LogP contribution in [0.2, 0.25) is 0 Å². The maximum Gasteiger partial charge on any atom is 0.223 e. The Bertz CT molecular complexity index is 347. The van der Waals surface area contributed by atoms with E-state index < -0.39 is 6.10 Å². The maximum atomic E-state index is 11.8. The molecule has 0 radical (unpaired) electrons. The van der Waals surface area contributed by atoms with Gasteiger partial charge in [-0.3, -0.25) is 4.79 Å². The predicted molar refractivity (Wildman–Crippen MR) is 65.8 cm³/mol. The summed E-state index contributed by atoms with van der Waals surface area (Å²) in [7, 11) is 0. The first-order valence-electron chi connectivity index (χ1n) is 5.83. The summed E-state index contributed by atoms with van der Waals surface area (Å²) in [4.78, 5) is 11.8. The largest absolute Gasteiger partial charge is 0.387 e. The molecule has 1 aliphatic rings. The van der Waals surface area contributed by atoms with Gasteiger partial charge in [0.05, 0.1) is 6.10 Å². The quantitative estimate of drug-likeness (QED) is 0.853. The Labute approximate surface area is 105 Å². The van der Waals surface area contributed by atoms with Crippen molar-refractivity contribution in [3.05, 3.63) is 22.4 Å². The second-order valence-electron chi connectivity index (χ2n) is 4.20. The fraction of sp³-hybridized carbons (Fsp3) is 0.583. The Balaban J connectivity index is 1.75. The monoisotopic (exact) mass is 255 g/mol. The van der Waals surface area contributed by atoms with Crippen molar-refractivity contribution in [2.75, 3.05) is 19.8 Å². The third-order valence-corrected chi connectivity index (χ3v) is 3.69. The molecule has 1 aromatic rings. The summed E-state index contributed by atoms with van der Waals surface area (Å²) in [5.74, 6) is 0.0704. The molecule has 1 aliphatic heterocycles. The van der Waals surface area contributed by atoms with Gasteiger partial charge in [-0.15, -0.1) is 0 Å². The minimum atomic E-state index is -0.606. The van der Waals surface area contributed by atoms with Gasteiger partial charge in [0, 0.05) is 25.7 Å². The van der Waals surface area contributed by atoms with Crippen molar-refractivity contribution in [2.24, 2.45) is 5.92 Å². The van der Waals surface area contributed by atoms with Gasteiger partial charge in [0.15, 0.2) is 0 Å². The number of aliphatic hydroxyl groups is 1. The zero-order valence-electron chi connectivity index (χ0n) is 9.59. The van der Waals surface area contributed by atoms with E-state index in [4.69, 9.17) is 4.74 Å². The fourth-order valence-electron chi connectivity index (χ4n) is 1.88. The molecule has 1 saturated heterocycles. The van der Waals surface area contributed by atoms with Crippen molar-refractivity contribution < 1.29 is 14.6 Å². The lowest BCUT2D eigenvalue weighted by Crippen LogP contribution is -2.36. The predicted octanol–water partition coefficient (Wildman–Crippen LogP) is 1.32. The molecule has 1 unspecified atom stereocenters. The van der Waals surface area contributed by atoms with Crippen molar-refractivity contribution in [1.29, 1.82) is 0 Å². The second-order valence-corrected chi connectivity index (χ2v) is 4.98. The van der Waals surface area contributed by atoms with Crippen LogP contribution in [0.4, 0.5) is 0 Å². The van der Waals surface area contributed by atoms with Crippen LogP contribution in [0.1, 0.15) is 24.5 Å². The number of carbonyl (C=O) groups is 1. The van der Waals surface area contributed by atoms with Crippen molar-refractivity contribution in [3.8, 4) is 0 Å². The van der Waals surface area contributed by atoms with Crippen LogP contribution in [0, 0.1) is 5.92 Å². The van der Waals surface area contributed by atoms with Gasteiger partial charge < -0.3 is 15.2 Å². The number of ether oxygens (including phenoxy) is 1. The zero-order chi connectivity index (χ0) is 12.1. The van der Waals surface area contributed by atoms with Gasteiger partial charge in [0.1, 0.15) is 0 Å².